The molecule has 0 bridgehead atoms. The Morgan fingerprint density at radius 2 is 1.80 bits per heavy atom. The van der Waals surface area contributed by atoms with Crippen molar-refractivity contribution >= 4 is 40.0 Å². The molecule has 8 heteroatoms. The number of carbonyl (C=O) groups is 4. The Labute approximate surface area is 209 Å². The summed E-state index contributed by atoms with van der Waals surface area (Å²) in [5.41, 5.74) is 2.44. The van der Waals surface area contributed by atoms with Crippen molar-refractivity contribution in [1.29, 1.82) is 0 Å². The number of carbonyl (C=O) groups excluding carboxylic acids is 4. The van der Waals surface area contributed by atoms with Crippen molar-refractivity contribution in [3.8, 4) is 0 Å². The Kier molecular flexibility index (Phi) is 7.12. The Bertz CT molecular complexity index is 1140. The third kappa shape index (κ3) is 5.03. The minimum Gasteiger partial charge on any atom is -0.462 e. The number of ether oxygens (including phenoxy) is 1. The number of hydrogen-bond acceptors (Lipinski definition) is 6. The topological polar surface area (TPSA) is 92.8 Å². The van der Waals surface area contributed by atoms with Gasteiger partial charge in [0.25, 0.3) is 11.8 Å². The first-order valence-corrected chi connectivity index (χ1v) is 13.0. The molecule has 0 saturated heterocycles. The Balaban J connectivity index is 1.43. The number of anilines is 1. The van der Waals surface area contributed by atoms with Crippen LogP contribution in [0.5, 0.6) is 0 Å². The summed E-state index contributed by atoms with van der Waals surface area (Å²) in [6.07, 6.45) is 3.13. The number of nitrogens with zero attached hydrogens (tertiary/aromatic N) is 1. The molecule has 1 N–H and O–H groups in total. The quantitative estimate of drug-likeness (QED) is 0.426. The maximum atomic E-state index is 12.8. The molecular formula is C27H32N2O5S. The van der Waals surface area contributed by atoms with Gasteiger partial charge in [0.2, 0.25) is 5.91 Å². The first-order valence-electron chi connectivity index (χ1n) is 12.2. The summed E-state index contributed by atoms with van der Waals surface area (Å²) in [5, 5.41) is 3.45. The summed E-state index contributed by atoms with van der Waals surface area (Å²) in [7, 11) is 0. The van der Waals surface area contributed by atoms with Crippen LogP contribution in [0, 0.1) is 11.3 Å². The lowest BCUT2D eigenvalue weighted by Crippen LogP contribution is -2.31. The molecule has 0 fully saturated rings. The highest BCUT2D eigenvalue weighted by Crippen LogP contribution is 2.44. The van der Waals surface area contributed by atoms with E-state index in [1.807, 2.05) is 0 Å². The molecule has 3 amide bonds. The molecule has 2 heterocycles. The van der Waals surface area contributed by atoms with Crippen molar-refractivity contribution in [3.63, 3.8) is 0 Å². The largest absolute Gasteiger partial charge is 0.462 e. The molecule has 186 valence electrons. The van der Waals surface area contributed by atoms with E-state index in [1.165, 1.54) is 16.2 Å². The summed E-state index contributed by atoms with van der Waals surface area (Å²) in [6, 6.07) is 6.74. The molecular weight excluding hydrogens is 464 g/mol. The summed E-state index contributed by atoms with van der Waals surface area (Å²) >= 11 is 1.46. The molecule has 1 aliphatic heterocycles. The number of fused-ring (bicyclic) bond motifs is 2. The molecule has 0 spiro atoms. The van der Waals surface area contributed by atoms with Crippen LogP contribution in [0.15, 0.2) is 24.3 Å². The molecule has 1 aliphatic carbocycles. The number of hydrogen-bond donors (Lipinski definition) is 1. The molecule has 0 saturated carbocycles. The molecule has 1 unspecified atom stereocenters. The average molecular weight is 497 g/mol. The zero-order valence-corrected chi connectivity index (χ0v) is 21.5. The van der Waals surface area contributed by atoms with E-state index in [9.17, 15) is 19.2 Å². The summed E-state index contributed by atoms with van der Waals surface area (Å²) in [5.74, 6) is -0.796. The van der Waals surface area contributed by atoms with E-state index < -0.39 is 5.97 Å². The first-order chi connectivity index (χ1) is 16.6. The van der Waals surface area contributed by atoms with Crippen LogP contribution in [0.3, 0.4) is 0 Å². The molecule has 1 aromatic carbocycles. The zero-order valence-electron chi connectivity index (χ0n) is 20.7. The SMILES string of the molecule is CCOC(=O)c1c(NC(=O)CCCN2C(=O)c3ccccc3C2=O)sc2c1CCC(C(C)(C)C)C2. The number of nitrogens with one attached hydrogen (secondary N) is 1. The van der Waals surface area contributed by atoms with Crippen molar-refractivity contribution in [1.82, 2.24) is 4.90 Å². The van der Waals surface area contributed by atoms with E-state index in [4.69, 9.17) is 4.74 Å². The third-order valence-electron chi connectivity index (χ3n) is 6.89. The van der Waals surface area contributed by atoms with Gasteiger partial charge >= 0.3 is 5.97 Å². The molecule has 2 aromatic rings. The van der Waals surface area contributed by atoms with Crippen LogP contribution < -0.4 is 5.32 Å². The Morgan fingerprint density at radius 1 is 1.14 bits per heavy atom. The van der Waals surface area contributed by atoms with Gasteiger partial charge in [-0.25, -0.2) is 4.79 Å². The fourth-order valence-electron chi connectivity index (χ4n) is 4.86. The van der Waals surface area contributed by atoms with Crippen LogP contribution in [0.1, 0.15) is 88.5 Å². The molecule has 0 radical (unpaired) electrons. The van der Waals surface area contributed by atoms with Crippen LogP contribution >= 0.6 is 11.3 Å². The second-order valence-corrected chi connectivity index (χ2v) is 11.3. The normalized spacial score (nSPS) is 17.3. The Morgan fingerprint density at radius 3 is 2.40 bits per heavy atom. The van der Waals surface area contributed by atoms with Crippen LogP contribution in [0.4, 0.5) is 5.00 Å². The molecule has 2 aliphatic rings. The lowest BCUT2D eigenvalue weighted by atomic mass is 9.72. The third-order valence-corrected chi connectivity index (χ3v) is 8.06. The minimum atomic E-state index is -0.402. The van der Waals surface area contributed by atoms with E-state index in [2.05, 4.69) is 26.1 Å². The lowest BCUT2D eigenvalue weighted by molar-refractivity contribution is -0.116. The van der Waals surface area contributed by atoms with Crippen LogP contribution in [-0.4, -0.2) is 41.7 Å². The molecule has 7 nitrogen and oxygen atoms in total. The number of imide groups is 1. The summed E-state index contributed by atoms with van der Waals surface area (Å²) in [6.45, 7) is 8.91. The van der Waals surface area contributed by atoms with E-state index in [0.717, 1.165) is 29.7 Å². The highest BCUT2D eigenvalue weighted by molar-refractivity contribution is 7.17. The van der Waals surface area contributed by atoms with E-state index in [1.54, 1.807) is 31.2 Å². The summed E-state index contributed by atoms with van der Waals surface area (Å²) < 4.78 is 5.31. The maximum Gasteiger partial charge on any atom is 0.341 e. The van der Waals surface area contributed by atoms with Gasteiger partial charge in [0.05, 0.1) is 23.3 Å². The number of benzene rings is 1. The van der Waals surface area contributed by atoms with Crippen molar-refractivity contribution in [2.24, 2.45) is 11.3 Å². The maximum absolute atomic E-state index is 12.8. The van der Waals surface area contributed by atoms with Crippen molar-refractivity contribution < 1.29 is 23.9 Å². The van der Waals surface area contributed by atoms with E-state index >= 15 is 0 Å². The van der Waals surface area contributed by atoms with E-state index in [0.29, 0.717) is 34.0 Å². The Hall–Kier alpha value is -3.00. The van der Waals surface area contributed by atoms with Crippen LogP contribution in [-0.2, 0) is 22.4 Å². The number of esters is 1. The van der Waals surface area contributed by atoms with Gasteiger partial charge in [-0.3, -0.25) is 19.3 Å². The lowest BCUT2D eigenvalue weighted by Gasteiger charge is -2.33. The molecule has 4 rings (SSSR count). The van der Waals surface area contributed by atoms with Crippen molar-refractivity contribution in [2.45, 2.75) is 59.8 Å². The highest BCUT2D eigenvalue weighted by Gasteiger charge is 2.36. The second kappa shape index (κ2) is 9.93. The van der Waals surface area contributed by atoms with Crippen molar-refractivity contribution in [3.05, 3.63) is 51.4 Å². The van der Waals surface area contributed by atoms with E-state index in [-0.39, 0.29) is 42.7 Å². The van der Waals surface area contributed by atoms with Crippen LogP contribution in [0.2, 0.25) is 0 Å². The first kappa shape index (κ1) is 25.1. The zero-order chi connectivity index (χ0) is 25.3. The smallest absolute Gasteiger partial charge is 0.341 e. The predicted octanol–water partition coefficient (Wildman–Crippen LogP) is 5.09. The highest BCUT2D eigenvalue weighted by atomic mass is 32.1. The standard InChI is InChI=1S/C27H32N2O5S/c1-5-34-26(33)22-19-13-12-16(27(2,3)4)15-20(19)35-23(22)28-21(30)11-8-14-29-24(31)17-9-6-7-10-18(17)25(29)32/h6-7,9-10,16H,5,8,11-15H2,1-4H3,(H,28,30). The van der Waals surface area contributed by atoms with Gasteiger partial charge < -0.3 is 10.1 Å². The summed E-state index contributed by atoms with van der Waals surface area (Å²) in [4.78, 5) is 52.9. The van der Waals surface area contributed by atoms with Crippen LogP contribution in [0.25, 0.3) is 0 Å². The second-order valence-electron chi connectivity index (χ2n) is 10.2. The monoisotopic (exact) mass is 496 g/mol. The van der Waals surface area contributed by atoms with Gasteiger partial charge in [-0.15, -0.1) is 11.3 Å². The molecule has 1 atom stereocenters. The predicted molar refractivity (Wildman–Crippen MR) is 135 cm³/mol. The molecule has 1 aromatic heterocycles. The molecule has 35 heavy (non-hydrogen) atoms. The number of thiophene rings is 1. The van der Waals surface area contributed by atoms with Gasteiger partial charge in [0.1, 0.15) is 5.00 Å². The number of rotatable bonds is 7. The van der Waals surface area contributed by atoms with Gasteiger partial charge in [0.15, 0.2) is 0 Å². The fourth-order valence-corrected chi connectivity index (χ4v) is 6.19. The minimum absolute atomic E-state index is 0.128. The average Bonchev–Trinajstić information content (AvgIpc) is 3.28. The van der Waals surface area contributed by atoms with Gasteiger partial charge in [-0.1, -0.05) is 32.9 Å². The van der Waals surface area contributed by atoms with Crippen molar-refractivity contribution in [2.75, 3.05) is 18.5 Å². The van der Waals surface area contributed by atoms with Gasteiger partial charge in [-0.2, -0.15) is 0 Å². The fraction of sp³-hybridized carbons (Fsp3) is 0.481. The van der Waals surface area contributed by atoms with Gasteiger partial charge in [-0.05, 0) is 61.6 Å². The number of amides is 3. The van der Waals surface area contributed by atoms with Gasteiger partial charge in [0, 0.05) is 17.8 Å².